The summed E-state index contributed by atoms with van der Waals surface area (Å²) in [7, 11) is 0. The molecule has 0 spiro atoms. The lowest BCUT2D eigenvalue weighted by Gasteiger charge is -2.23. The molecule has 1 aliphatic heterocycles. The minimum absolute atomic E-state index is 0.0567. The van der Waals surface area contributed by atoms with Crippen molar-refractivity contribution in [3.8, 4) is 0 Å². The lowest BCUT2D eigenvalue weighted by atomic mass is 10.00. The summed E-state index contributed by atoms with van der Waals surface area (Å²) in [5, 5.41) is 8.83. The lowest BCUT2D eigenvalue weighted by Crippen LogP contribution is -2.56. The molecular weight excluding hydrogens is 488 g/mol. The van der Waals surface area contributed by atoms with E-state index in [-0.39, 0.29) is 18.8 Å². The average Bonchev–Trinajstić information content (AvgIpc) is 3.54. The molecule has 4 unspecified atom stereocenters. The lowest BCUT2D eigenvalue weighted by molar-refractivity contribution is -0.132. The molecule has 0 radical (unpaired) electrons. The Morgan fingerprint density at radius 1 is 0.947 bits per heavy atom. The summed E-state index contributed by atoms with van der Waals surface area (Å²) in [6.07, 6.45) is 1.19. The van der Waals surface area contributed by atoms with E-state index < -0.39 is 41.6 Å². The molecule has 200 valence electrons. The summed E-state index contributed by atoms with van der Waals surface area (Å²) < 4.78 is 10.4. The predicted molar refractivity (Wildman–Crippen MR) is 140 cm³/mol. The molecule has 4 rings (SSSR count). The van der Waals surface area contributed by atoms with E-state index in [0.717, 1.165) is 22.0 Å². The van der Waals surface area contributed by atoms with Crippen molar-refractivity contribution < 1.29 is 28.7 Å². The highest BCUT2D eigenvalue weighted by atomic mass is 16.6. The summed E-state index contributed by atoms with van der Waals surface area (Å²) in [6.45, 7) is 5.13. The van der Waals surface area contributed by atoms with Crippen LogP contribution in [0.1, 0.15) is 31.9 Å². The topological polar surface area (TPSA) is 142 Å². The van der Waals surface area contributed by atoms with Gasteiger partial charge in [-0.25, -0.2) is 4.79 Å². The Balaban J connectivity index is 1.41. The van der Waals surface area contributed by atoms with Crippen LogP contribution < -0.4 is 16.0 Å². The number of epoxide rings is 1. The third-order valence-corrected chi connectivity index (χ3v) is 6.52. The van der Waals surface area contributed by atoms with E-state index in [4.69, 9.17) is 9.47 Å². The molecule has 1 aliphatic rings. The van der Waals surface area contributed by atoms with E-state index in [1.54, 1.807) is 20.0 Å². The maximum atomic E-state index is 13.3. The van der Waals surface area contributed by atoms with Crippen molar-refractivity contribution in [3.05, 3.63) is 71.9 Å². The molecule has 38 heavy (non-hydrogen) atoms. The summed E-state index contributed by atoms with van der Waals surface area (Å²) in [5.74, 6) is -1.33. The number of ether oxygens (including phenoxy) is 2. The van der Waals surface area contributed by atoms with Gasteiger partial charge in [-0.15, -0.1) is 0 Å². The fourth-order valence-electron chi connectivity index (χ4n) is 4.12. The van der Waals surface area contributed by atoms with E-state index in [1.165, 1.54) is 6.92 Å². The van der Waals surface area contributed by atoms with Crippen molar-refractivity contribution >= 4 is 34.6 Å². The Bertz CT molecular complexity index is 1320. The predicted octanol–water partition coefficient (Wildman–Crippen LogP) is 2.37. The number of Topliss-reactive ketones (excluding diaryl/α,β-unsaturated/α-hetero) is 1. The first kappa shape index (κ1) is 26.9. The first-order chi connectivity index (χ1) is 18.2. The number of nitrogens with one attached hydrogen (secondary N) is 4. The molecule has 1 fully saturated rings. The Labute approximate surface area is 220 Å². The second-order valence-electron chi connectivity index (χ2n) is 9.67. The number of alkyl carbamates (subject to hydrolysis) is 1. The van der Waals surface area contributed by atoms with Crippen LogP contribution in [0.15, 0.2) is 60.8 Å². The number of hydrogen-bond donors (Lipinski definition) is 4. The molecule has 4 N–H and O–H groups in total. The molecule has 2 heterocycles. The Morgan fingerprint density at radius 3 is 2.34 bits per heavy atom. The molecule has 3 aromatic rings. The number of H-pyrrole nitrogens is 1. The number of rotatable bonds is 11. The summed E-state index contributed by atoms with van der Waals surface area (Å²) >= 11 is 0. The van der Waals surface area contributed by atoms with Crippen LogP contribution in [-0.2, 0) is 36.9 Å². The van der Waals surface area contributed by atoms with Crippen molar-refractivity contribution in [2.75, 3.05) is 6.61 Å². The molecule has 0 saturated carbocycles. The molecule has 3 amide bonds. The number of para-hydroxylation sites is 1. The van der Waals surface area contributed by atoms with Crippen LogP contribution in [0.5, 0.6) is 0 Å². The highest BCUT2D eigenvalue weighted by molar-refractivity contribution is 5.98. The number of carbonyl (C=O) groups is 4. The van der Waals surface area contributed by atoms with Gasteiger partial charge >= 0.3 is 6.09 Å². The number of amides is 3. The van der Waals surface area contributed by atoms with Gasteiger partial charge in [0.2, 0.25) is 11.8 Å². The van der Waals surface area contributed by atoms with Crippen LogP contribution in [0.4, 0.5) is 4.79 Å². The zero-order valence-electron chi connectivity index (χ0n) is 21.6. The van der Waals surface area contributed by atoms with Gasteiger partial charge in [0, 0.05) is 23.5 Å². The van der Waals surface area contributed by atoms with Gasteiger partial charge in [0.25, 0.3) is 0 Å². The Hall–Kier alpha value is -4.18. The minimum atomic E-state index is -1.01. The second kappa shape index (κ2) is 11.5. The van der Waals surface area contributed by atoms with Crippen LogP contribution >= 0.6 is 0 Å². The minimum Gasteiger partial charge on any atom is -0.445 e. The first-order valence-corrected chi connectivity index (χ1v) is 12.5. The highest BCUT2D eigenvalue weighted by Gasteiger charge is 2.49. The zero-order chi connectivity index (χ0) is 27.3. The maximum absolute atomic E-state index is 13.3. The van der Waals surface area contributed by atoms with Gasteiger partial charge < -0.3 is 30.4 Å². The van der Waals surface area contributed by atoms with Crippen LogP contribution in [0.3, 0.4) is 0 Å². The van der Waals surface area contributed by atoms with Crippen molar-refractivity contribution in [2.24, 2.45) is 0 Å². The van der Waals surface area contributed by atoms with Crippen LogP contribution in [0.2, 0.25) is 0 Å². The van der Waals surface area contributed by atoms with Crippen molar-refractivity contribution in [1.82, 2.24) is 20.9 Å². The average molecular weight is 521 g/mol. The van der Waals surface area contributed by atoms with Gasteiger partial charge in [0.15, 0.2) is 5.78 Å². The Morgan fingerprint density at radius 2 is 1.63 bits per heavy atom. The normalized spacial score (nSPS) is 18.6. The number of benzene rings is 2. The van der Waals surface area contributed by atoms with Gasteiger partial charge in [0.1, 0.15) is 24.3 Å². The van der Waals surface area contributed by atoms with Crippen molar-refractivity contribution in [3.63, 3.8) is 0 Å². The summed E-state index contributed by atoms with van der Waals surface area (Å²) in [4.78, 5) is 54.2. The molecule has 4 atom stereocenters. The highest BCUT2D eigenvalue weighted by Crippen LogP contribution is 2.28. The summed E-state index contributed by atoms with van der Waals surface area (Å²) in [5.41, 5.74) is 1.64. The van der Waals surface area contributed by atoms with Gasteiger partial charge in [0.05, 0.1) is 12.6 Å². The number of carbonyl (C=O) groups excluding carboxylic acids is 4. The quantitative estimate of drug-likeness (QED) is 0.286. The first-order valence-electron chi connectivity index (χ1n) is 12.5. The molecule has 0 bridgehead atoms. The molecular formula is C28H32N4O6. The number of fused-ring (bicyclic) bond motifs is 1. The number of ketones is 1. The van der Waals surface area contributed by atoms with Gasteiger partial charge in [-0.05, 0) is 38.0 Å². The van der Waals surface area contributed by atoms with E-state index in [0.29, 0.717) is 6.61 Å². The number of aromatic nitrogens is 1. The molecule has 1 aromatic heterocycles. The second-order valence-corrected chi connectivity index (χ2v) is 9.67. The number of aromatic amines is 1. The number of hydrogen-bond acceptors (Lipinski definition) is 6. The van der Waals surface area contributed by atoms with Gasteiger partial charge in [-0.3, -0.25) is 14.4 Å². The third kappa shape index (κ3) is 6.57. The molecule has 2 aromatic carbocycles. The van der Waals surface area contributed by atoms with E-state index >= 15 is 0 Å². The SMILES string of the molecule is CC(NC(=O)OCc1ccccc1)C(=O)NC(Cc1c[nH]c2ccccc12)C(=O)NC(C)C(=O)C1(C)CO1. The van der Waals surface area contributed by atoms with Gasteiger partial charge in [-0.2, -0.15) is 0 Å². The largest absolute Gasteiger partial charge is 0.445 e. The monoisotopic (exact) mass is 520 g/mol. The van der Waals surface area contributed by atoms with E-state index in [2.05, 4.69) is 20.9 Å². The van der Waals surface area contributed by atoms with Crippen LogP contribution in [0.25, 0.3) is 10.9 Å². The van der Waals surface area contributed by atoms with Crippen LogP contribution in [0, 0.1) is 0 Å². The summed E-state index contributed by atoms with van der Waals surface area (Å²) in [6, 6.07) is 14.0. The maximum Gasteiger partial charge on any atom is 0.408 e. The Kier molecular flexibility index (Phi) is 8.11. The van der Waals surface area contributed by atoms with Crippen LogP contribution in [-0.4, -0.2) is 59.0 Å². The molecule has 0 aliphatic carbocycles. The van der Waals surface area contributed by atoms with E-state index in [1.807, 2.05) is 54.6 Å². The fraction of sp³-hybridized carbons (Fsp3) is 0.357. The van der Waals surface area contributed by atoms with E-state index in [9.17, 15) is 19.2 Å². The fourth-order valence-corrected chi connectivity index (χ4v) is 4.12. The van der Waals surface area contributed by atoms with Gasteiger partial charge in [-0.1, -0.05) is 48.5 Å². The molecule has 10 nitrogen and oxygen atoms in total. The standard InChI is InChI=1S/C28H32N4O6/c1-17(24(33)28(3)16-38-28)30-26(35)23(13-20-14-29-22-12-8-7-11-21(20)22)32-25(34)18(2)31-27(36)37-15-19-9-5-4-6-10-19/h4-12,14,17-18,23,29H,13,15-16H2,1-3H3,(H,30,35)(H,31,36)(H,32,34). The zero-order valence-corrected chi connectivity index (χ0v) is 21.6. The third-order valence-electron chi connectivity index (χ3n) is 6.52. The molecule has 10 heteroatoms. The van der Waals surface area contributed by atoms with Crippen molar-refractivity contribution in [2.45, 2.75) is 57.5 Å². The molecule has 1 saturated heterocycles. The van der Waals surface area contributed by atoms with Crippen molar-refractivity contribution in [1.29, 1.82) is 0 Å². The smallest absolute Gasteiger partial charge is 0.408 e.